The Morgan fingerprint density at radius 2 is 1.81 bits per heavy atom. The van der Waals surface area contributed by atoms with Gasteiger partial charge in [0.15, 0.2) is 0 Å². The Balaban J connectivity index is 1.88. The van der Waals surface area contributed by atoms with Crippen molar-refractivity contribution in [3.63, 3.8) is 0 Å². The van der Waals surface area contributed by atoms with Gasteiger partial charge in [-0.25, -0.2) is 0 Å². The smallest absolute Gasteiger partial charge is 0.0367 e. The number of hydrogen-bond donors (Lipinski definition) is 2. The molecular formula is C13H21N3. The lowest BCUT2D eigenvalue weighted by Gasteiger charge is -2.17. The summed E-state index contributed by atoms with van der Waals surface area (Å²) in [6.07, 6.45) is 3.68. The lowest BCUT2D eigenvalue weighted by atomic mass is 10.2. The first-order valence-corrected chi connectivity index (χ1v) is 6.19. The van der Waals surface area contributed by atoms with Crippen LogP contribution in [0.5, 0.6) is 0 Å². The molecule has 1 saturated heterocycles. The SMILES string of the molecule is NCCCNc1ccc(N2CCCC2)cc1. The van der Waals surface area contributed by atoms with Crippen molar-refractivity contribution in [1.82, 2.24) is 0 Å². The van der Waals surface area contributed by atoms with Crippen LogP contribution in [0, 0.1) is 0 Å². The molecule has 1 aromatic rings. The monoisotopic (exact) mass is 219 g/mol. The number of hydrogen-bond acceptors (Lipinski definition) is 3. The van der Waals surface area contributed by atoms with Gasteiger partial charge in [0.1, 0.15) is 0 Å². The van der Waals surface area contributed by atoms with Gasteiger partial charge in [0.2, 0.25) is 0 Å². The zero-order chi connectivity index (χ0) is 11.2. The van der Waals surface area contributed by atoms with E-state index in [0.717, 1.165) is 19.5 Å². The van der Waals surface area contributed by atoms with Gasteiger partial charge in [0, 0.05) is 31.0 Å². The number of anilines is 2. The van der Waals surface area contributed by atoms with Crippen molar-refractivity contribution in [2.45, 2.75) is 19.3 Å². The Bertz CT molecular complexity index is 301. The van der Waals surface area contributed by atoms with E-state index >= 15 is 0 Å². The molecule has 88 valence electrons. The van der Waals surface area contributed by atoms with Crippen LogP contribution in [0.4, 0.5) is 11.4 Å². The van der Waals surface area contributed by atoms with Crippen molar-refractivity contribution in [2.24, 2.45) is 5.73 Å². The highest BCUT2D eigenvalue weighted by Gasteiger charge is 2.11. The topological polar surface area (TPSA) is 41.3 Å². The van der Waals surface area contributed by atoms with Crippen LogP contribution in [0.25, 0.3) is 0 Å². The van der Waals surface area contributed by atoms with Crippen molar-refractivity contribution >= 4 is 11.4 Å². The average Bonchev–Trinajstić information content (AvgIpc) is 2.84. The second kappa shape index (κ2) is 5.75. The summed E-state index contributed by atoms with van der Waals surface area (Å²) in [6.45, 7) is 4.12. The number of benzene rings is 1. The van der Waals surface area contributed by atoms with Gasteiger partial charge in [-0.1, -0.05) is 0 Å². The highest BCUT2D eigenvalue weighted by atomic mass is 15.1. The lowest BCUT2D eigenvalue weighted by molar-refractivity contribution is 0.874. The molecule has 0 bridgehead atoms. The third-order valence-corrected chi connectivity index (χ3v) is 3.05. The fourth-order valence-electron chi connectivity index (χ4n) is 2.10. The van der Waals surface area contributed by atoms with Crippen LogP contribution in [0.3, 0.4) is 0 Å². The van der Waals surface area contributed by atoms with E-state index in [1.807, 2.05) is 0 Å². The van der Waals surface area contributed by atoms with Gasteiger partial charge in [0.25, 0.3) is 0 Å². The van der Waals surface area contributed by atoms with Crippen molar-refractivity contribution in [1.29, 1.82) is 0 Å². The van der Waals surface area contributed by atoms with E-state index in [4.69, 9.17) is 5.73 Å². The molecule has 0 atom stereocenters. The first-order valence-electron chi connectivity index (χ1n) is 6.19. The van der Waals surface area contributed by atoms with Crippen LogP contribution in [-0.2, 0) is 0 Å². The first kappa shape index (κ1) is 11.3. The molecule has 2 rings (SSSR count). The van der Waals surface area contributed by atoms with Crippen LogP contribution in [0.1, 0.15) is 19.3 Å². The van der Waals surface area contributed by atoms with E-state index in [0.29, 0.717) is 0 Å². The standard InChI is InChI=1S/C13H21N3/c14-8-3-9-15-12-4-6-13(7-5-12)16-10-1-2-11-16/h4-7,15H,1-3,8-11,14H2. The third kappa shape index (κ3) is 2.89. The van der Waals surface area contributed by atoms with E-state index in [2.05, 4.69) is 34.5 Å². The molecule has 3 N–H and O–H groups in total. The second-order valence-corrected chi connectivity index (χ2v) is 4.31. The minimum absolute atomic E-state index is 0.749. The third-order valence-electron chi connectivity index (χ3n) is 3.05. The molecule has 0 spiro atoms. The number of rotatable bonds is 5. The van der Waals surface area contributed by atoms with E-state index in [9.17, 15) is 0 Å². The summed E-state index contributed by atoms with van der Waals surface area (Å²) in [5.74, 6) is 0. The summed E-state index contributed by atoms with van der Waals surface area (Å²) in [6, 6.07) is 8.72. The Morgan fingerprint density at radius 3 is 2.44 bits per heavy atom. The van der Waals surface area contributed by atoms with Crippen molar-refractivity contribution in [3.8, 4) is 0 Å². The van der Waals surface area contributed by atoms with Crippen LogP contribution in [-0.4, -0.2) is 26.2 Å². The van der Waals surface area contributed by atoms with Crippen molar-refractivity contribution in [3.05, 3.63) is 24.3 Å². The normalized spacial score (nSPS) is 15.4. The summed E-state index contributed by atoms with van der Waals surface area (Å²) in [5.41, 5.74) is 7.99. The maximum Gasteiger partial charge on any atom is 0.0367 e. The Kier molecular flexibility index (Phi) is 4.05. The van der Waals surface area contributed by atoms with Gasteiger partial charge in [-0.3, -0.25) is 0 Å². The molecule has 0 unspecified atom stereocenters. The number of nitrogens with two attached hydrogens (primary N) is 1. The molecule has 0 saturated carbocycles. The molecule has 0 aliphatic carbocycles. The molecule has 3 heteroatoms. The van der Waals surface area contributed by atoms with Crippen LogP contribution >= 0.6 is 0 Å². The van der Waals surface area contributed by atoms with Crippen molar-refractivity contribution < 1.29 is 0 Å². The van der Waals surface area contributed by atoms with Crippen molar-refractivity contribution in [2.75, 3.05) is 36.4 Å². The summed E-state index contributed by atoms with van der Waals surface area (Å²) in [5, 5.41) is 3.36. The predicted octanol–water partition coefficient (Wildman–Crippen LogP) is 2.05. The Hall–Kier alpha value is -1.22. The van der Waals surface area contributed by atoms with Gasteiger partial charge < -0.3 is 16.0 Å². The average molecular weight is 219 g/mol. The predicted molar refractivity (Wildman–Crippen MR) is 70.1 cm³/mol. The highest BCUT2D eigenvalue weighted by molar-refractivity contribution is 5.55. The highest BCUT2D eigenvalue weighted by Crippen LogP contribution is 2.21. The van der Waals surface area contributed by atoms with E-state index in [1.165, 1.54) is 37.3 Å². The van der Waals surface area contributed by atoms with E-state index in [-0.39, 0.29) is 0 Å². The molecule has 1 aromatic carbocycles. The van der Waals surface area contributed by atoms with Gasteiger partial charge >= 0.3 is 0 Å². The Labute approximate surface area is 97.6 Å². The molecule has 3 nitrogen and oxygen atoms in total. The molecule has 0 amide bonds. The van der Waals surface area contributed by atoms with E-state index in [1.54, 1.807) is 0 Å². The van der Waals surface area contributed by atoms with E-state index < -0.39 is 0 Å². The van der Waals surface area contributed by atoms with Crippen LogP contribution < -0.4 is 16.0 Å². The van der Waals surface area contributed by atoms with Gasteiger partial charge in [-0.2, -0.15) is 0 Å². The first-order chi connectivity index (χ1) is 7.90. The molecule has 0 aromatic heterocycles. The summed E-state index contributed by atoms with van der Waals surface area (Å²) in [4.78, 5) is 2.45. The summed E-state index contributed by atoms with van der Waals surface area (Å²) >= 11 is 0. The van der Waals surface area contributed by atoms with Crippen LogP contribution in [0.2, 0.25) is 0 Å². The van der Waals surface area contributed by atoms with Gasteiger partial charge in [-0.15, -0.1) is 0 Å². The number of nitrogens with one attached hydrogen (secondary N) is 1. The fraction of sp³-hybridized carbons (Fsp3) is 0.538. The molecule has 1 aliphatic rings. The second-order valence-electron chi connectivity index (χ2n) is 4.31. The molecule has 1 aliphatic heterocycles. The quantitative estimate of drug-likeness (QED) is 0.745. The van der Waals surface area contributed by atoms with Gasteiger partial charge in [-0.05, 0) is 50.1 Å². The minimum atomic E-state index is 0.749. The fourth-order valence-corrected chi connectivity index (χ4v) is 2.10. The zero-order valence-electron chi connectivity index (χ0n) is 9.78. The van der Waals surface area contributed by atoms with Gasteiger partial charge in [0.05, 0.1) is 0 Å². The molecule has 1 fully saturated rings. The maximum absolute atomic E-state index is 5.45. The zero-order valence-corrected chi connectivity index (χ0v) is 9.78. The maximum atomic E-state index is 5.45. The Morgan fingerprint density at radius 1 is 1.12 bits per heavy atom. The van der Waals surface area contributed by atoms with Crippen LogP contribution in [0.15, 0.2) is 24.3 Å². The molecule has 1 heterocycles. The molecule has 16 heavy (non-hydrogen) atoms. The lowest BCUT2D eigenvalue weighted by Crippen LogP contribution is -2.17. The summed E-state index contributed by atoms with van der Waals surface area (Å²) < 4.78 is 0. The molecular weight excluding hydrogens is 198 g/mol. The largest absolute Gasteiger partial charge is 0.385 e. The number of nitrogens with zero attached hydrogens (tertiary/aromatic N) is 1. The summed E-state index contributed by atoms with van der Waals surface area (Å²) in [7, 11) is 0. The molecule has 0 radical (unpaired) electrons. The minimum Gasteiger partial charge on any atom is -0.385 e.